The van der Waals surface area contributed by atoms with E-state index in [-0.39, 0.29) is 5.60 Å². The molecule has 2 rings (SSSR count). The van der Waals surface area contributed by atoms with Crippen LogP contribution in [0.4, 0.5) is 0 Å². The van der Waals surface area contributed by atoms with Crippen molar-refractivity contribution in [1.29, 1.82) is 0 Å². The zero-order valence-electron chi connectivity index (χ0n) is 6.93. The minimum Gasteiger partial charge on any atom is -0.370 e. The van der Waals surface area contributed by atoms with Crippen molar-refractivity contribution in [3.63, 3.8) is 0 Å². The zero-order valence-corrected chi connectivity index (χ0v) is 6.93. The van der Waals surface area contributed by atoms with Crippen LogP contribution in [-0.2, 0) is 9.53 Å². The Morgan fingerprint density at radius 3 is 2.82 bits per heavy atom. The molecule has 0 saturated heterocycles. The van der Waals surface area contributed by atoms with Crippen LogP contribution >= 0.6 is 0 Å². The van der Waals surface area contributed by atoms with Crippen molar-refractivity contribution in [2.75, 3.05) is 7.11 Å². The lowest BCUT2D eigenvalue weighted by atomic mass is 9.61. The molecule has 2 atom stereocenters. The van der Waals surface area contributed by atoms with Crippen LogP contribution in [0.25, 0.3) is 0 Å². The van der Waals surface area contributed by atoms with Crippen LogP contribution in [0.5, 0.6) is 0 Å². The summed E-state index contributed by atoms with van der Waals surface area (Å²) in [6.45, 7) is 0. The lowest BCUT2D eigenvalue weighted by Crippen LogP contribution is -2.59. The van der Waals surface area contributed by atoms with Crippen molar-refractivity contribution in [3.8, 4) is 0 Å². The molecule has 2 aliphatic rings. The number of carbonyl (C=O) groups excluding carboxylic acids is 1. The average molecular weight is 154 g/mol. The van der Waals surface area contributed by atoms with Crippen LogP contribution in [0, 0.1) is 5.92 Å². The van der Waals surface area contributed by atoms with Crippen molar-refractivity contribution >= 4 is 5.78 Å². The van der Waals surface area contributed by atoms with Crippen molar-refractivity contribution in [2.45, 2.75) is 37.7 Å². The van der Waals surface area contributed by atoms with Gasteiger partial charge < -0.3 is 4.74 Å². The van der Waals surface area contributed by atoms with Gasteiger partial charge in [-0.15, -0.1) is 0 Å². The molecule has 0 bridgehead atoms. The molecule has 2 fully saturated rings. The summed E-state index contributed by atoms with van der Waals surface area (Å²) in [5.74, 6) is 0.887. The quantitative estimate of drug-likeness (QED) is 0.572. The molecule has 2 heteroatoms. The number of Topliss-reactive ketones (excluding diaryl/α,β-unsaturated/α-hetero) is 1. The van der Waals surface area contributed by atoms with Gasteiger partial charge in [-0.3, -0.25) is 4.79 Å². The second-order valence-corrected chi connectivity index (χ2v) is 3.66. The molecular formula is C9H14O2. The second-order valence-electron chi connectivity index (χ2n) is 3.66. The Balaban J connectivity index is 2.16. The van der Waals surface area contributed by atoms with Gasteiger partial charge in [0, 0.05) is 19.4 Å². The molecule has 0 aliphatic heterocycles. The molecule has 2 aliphatic carbocycles. The highest BCUT2D eigenvalue weighted by molar-refractivity contribution is 5.94. The van der Waals surface area contributed by atoms with Gasteiger partial charge in [-0.25, -0.2) is 0 Å². The Labute approximate surface area is 66.9 Å². The number of methoxy groups -OCH3 is 1. The third-order valence-corrected chi connectivity index (χ3v) is 3.28. The topological polar surface area (TPSA) is 26.3 Å². The van der Waals surface area contributed by atoms with Crippen LogP contribution < -0.4 is 0 Å². The Kier molecular flexibility index (Phi) is 1.53. The lowest BCUT2D eigenvalue weighted by Gasteiger charge is -2.49. The highest BCUT2D eigenvalue weighted by Crippen LogP contribution is 2.47. The largest absolute Gasteiger partial charge is 0.370 e. The number of ether oxygens (including phenoxy) is 1. The van der Waals surface area contributed by atoms with Crippen LogP contribution in [0.2, 0.25) is 0 Å². The van der Waals surface area contributed by atoms with E-state index in [1.54, 1.807) is 7.11 Å². The smallest absolute Gasteiger partial charge is 0.165 e. The Bertz CT molecular complexity index is 188. The fraction of sp³-hybridized carbons (Fsp3) is 0.889. The van der Waals surface area contributed by atoms with E-state index in [4.69, 9.17) is 4.74 Å². The van der Waals surface area contributed by atoms with E-state index in [2.05, 4.69) is 0 Å². The Morgan fingerprint density at radius 1 is 1.55 bits per heavy atom. The first kappa shape index (κ1) is 7.29. The predicted molar refractivity (Wildman–Crippen MR) is 41.3 cm³/mol. The fourth-order valence-corrected chi connectivity index (χ4v) is 2.50. The molecule has 2 saturated carbocycles. The molecule has 0 aromatic rings. The first-order valence-corrected chi connectivity index (χ1v) is 4.38. The summed E-state index contributed by atoms with van der Waals surface area (Å²) in [5.41, 5.74) is -0.321. The minimum absolute atomic E-state index is 0.321. The van der Waals surface area contributed by atoms with Crippen LogP contribution in [0.3, 0.4) is 0 Å². The third-order valence-electron chi connectivity index (χ3n) is 3.28. The Morgan fingerprint density at radius 2 is 2.36 bits per heavy atom. The third kappa shape index (κ3) is 0.791. The molecule has 0 N–H and O–H groups in total. The lowest BCUT2D eigenvalue weighted by molar-refractivity contribution is -0.176. The van der Waals surface area contributed by atoms with Crippen LogP contribution in [-0.4, -0.2) is 18.5 Å². The first-order chi connectivity index (χ1) is 5.29. The van der Waals surface area contributed by atoms with Crippen molar-refractivity contribution in [1.82, 2.24) is 0 Å². The maximum absolute atomic E-state index is 11.3. The monoisotopic (exact) mass is 154 g/mol. The standard InChI is InChI=1S/C9H14O2/c1-11-9-5-3-2-4-7(9)6-8(9)10/h7H,2-6H2,1H3. The maximum atomic E-state index is 11.3. The number of fused-ring (bicyclic) bond motifs is 1. The second kappa shape index (κ2) is 2.31. The molecule has 0 aromatic heterocycles. The van der Waals surface area contributed by atoms with Gasteiger partial charge in [-0.2, -0.15) is 0 Å². The fourth-order valence-electron chi connectivity index (χ4n) is 2.50. The molecule has 11 heavy (non-hydrogen) atoms. The molecule has 0 amide bonds. The molecule has 62 valence electrons. The summed E-state index contributed by atoms with van der Waals surface area (Å²) in [4.78, 5) is 11.3. The molecule has 0 heterocycles. The van der Waals surface area contributed by atoms with Gasteiger partial charge >= 0.3 is 0 Å². The van der Waals surface area contributed by atoms with E-state index in [9.17, 15) is 4.79 Å². The van der Waals surface area contributed by atoms with E-state index >= 15 is 0 Å². The average Bonchev–Trinajstić information content (AvgIpc) is 2.03. The number of carbonyl (C=O) groups is 1. The van der Waals surface area contributed by atoms with Gasteiger partial charge in [0.25, 0.3) is 0 Å². The molecule has 0 aromatic carbocycles. The SMILES string of the molecule is COC12CCCCC1CC2=O. The summed E-state index contributed by atoms with van der Waals surface area (Å²) in [6.07, 6.45) is 5.37. The normalized spacial score (nSPS) is 43.0. The minimum atomic E-state index is -0.321. The van der Waals surface area contributed by atoms with Crippen LogP contribution in [0.1, 0.15) is 32.1 Å². The van der Waals surface area contributed by atoms with E-state index in [0.717, 1.165) is 19.3 Å². The van der Waals surface area contributed by atoms with E-state index < -0.39 is 0 Å². The van der Waals surface area contributed by atoms with Gasteiger partial charge in [0.15, 0.2) is 5.78 Å². The van der Waals surface area contributed by atoms with E-state index in [1.807, 2.05) is 0 Å². The number of hydrogen-bond acceptors (Lipinski definition) is 2. The van der Waals surface area contributed by atoms with Crippen LogP contribution in [0.15, 0.2) is 0 Å². The van der Waals surface area contributed by atoms with Gasteiger partial charge in [-0.1, -0.05) is 12.8 Å². The highest BCUT2D eigenvalue weighted by atomic mass is 16.5. The van der Waals surface area contributed by atoms with E-state index in [0.29, 0.717) is 11.7 Å². The maximum Gasteiger partial charge on any atom is 0.165 e. The summed E-state index contributed by atoms with van der Waals surface area (Å²) >= 11 is 0. The molecule has 2 nitrogen and oxygen atoms in total. The van der Waals surface area contributed by atoms with Gasteiger partial charge in [0.05, 0.1) is 0 Å². The molecule has 0 spiro atoms. The predicted octanol–water partition coefficient (Wildman–Crippen LogP) is 1.53. The van der Waals surface area contributed by atoms with Gasteiger partial charge in [-0.05, 0) is 12.8 Å². The molecule has 0 radical (unpaired) electrons. The van der Waals surface area contributed by atoms with Gasteiger partial charge in [0.1, 0.15) is 5.60 Å². The summed E-state index contributed by atoms with van der Waals surface area (Å²) in [7, 11) is 1.68. The number of hydrogen-bond donors (Lipinski definition) is 0. The highest BCUT2D eigenvalue weighted by Gasteiger charge is 2.55. The number of ketones is 1. The summed E-state index contributed by atoms with van der Waals surface area (Å²) < 4.78 is 5.34. The van der Waals surface area contributed by atoms with Gasteiger partial charge in [0.2, 0.25) is 0 Å². The number of rotatable bonds is 1. The van der Waals surface area contributed by atoms with Crippen molar-refractivity contribution < 1.29 is 9.53 Å². The zero-order chi connectivity index (χ0) is 7.90. The summed E-state index contributed by atoms with van der Waals surface area (Å²) in [5, 5.41) is 0. The molecule has 2 unspecified atom stereocenters. The van der Waals surface area contributed by atoms with E-state index in [1.165, 1.54) is 12.8 Å². The first-order valence-electron chi connectivity index (χ1n) is 4.38. The Hall–Kier alpha value is -0.370. The van der Waals surface area contributed by atoms with Crippen molar-refractivity contribution in [3.05, 3.63) is 0 Å². The summed E-state index contributed by atoms with van der Waals surface area (Å²) in [6, 6.07) is 0. The van der Waals surface area contributed by atoms with Crippen molar-refractivity contribution in [2.24, 2.45) is 5.92 Å². The molecular weight excluding hydrogens is 140 g/mol.